The van der Waals surface area contributed by atoms with Gasteiger partial charge in [0.05, 0.1) is 5.75 Å². The molecule has 0 aliphatic heterocycles. The number of fused-ring (bicyclic) bond motifs is 3. The molecule has 0 amide bonds. The van der Waals surface area contributed by atoms with Crippen LogP contribution >= 0.6 is 23.1 Å². The van der Waals surface area contributed by atoms with Crippen LogP contribution in [0.3, 0.4) is 0 Å². The molecule has 3 aromatic heterocycles. The maximum atomic E-state index is 13.2. The van der Waals surface area contributed by atoms with Crippen LogP contribution in [0.4, 0.5) is 0 Å². The van der Waals surface area contributed by atoms with Crippen molar-refractivity contribution in [2.45, 2.75) is 58.0 Å². The molecule has 33 heavy (non-hydrogen) atoms. The van der Waals surface area contributed by atoms with Crippen molar-refractivity contribution in [2.75, 3.05) is 5.75 Å². The van der Waals surface area contributed by atoms with Gasteiger partial charge in [-0.3, -0.25) is 4.79 Å². The summed E-state index contributed by atoms with van der Waals surface area (Å²) >= 11 is 3.37. The molecule has 0 bridgehead atoms. The lowest BCUT2D eigenvalue weighted by molar-refractivity contribution is 0.102. The summed E-state index contributed by atoms with van der Waals surface area (Å²) in [5.74, 6) is 1.30. The van der Waals surface area contributed by atoms with Crippen molar-refractivity contribution in [3.05, 3.63) is 75.7 Å². The molecule has 1 aromatic carbocycles. The molecule has 4 aromatic rings. The van der Waals surface area contributed by atoms with Gasteiger partial charge in [0.25, 0.3) is 0 Å². The third kappa shape index (κ3) is 4.51. The van der Waals surface area contributed by atoms with Crippen LogP contribution in [0.15, 0.2) is 47.8 Å². The predicted octanol–water partition coefficient (Wildman–Crippen LogP) is 6.45. The Labute approximate surface area is 203 Å². The minimum atomic E-state index is 0.170. The summed E-state index contributed by atoms with van der Waals surface area (Å²) in [6.07, 6.45) is 6.05. The van der Waals surface area contributed by atoms with Crippen LogP contribution in [0.2, 0.25) is 0 Å². The van der Waals surface area contributed by atoms with Crippen molar-refractivity contribution < 1.29 is 4.79 Å². The molecule has 0 unspecified atom stereocenters. The van der Waals surface area contributed by atoms with E-state index in [2.05, 4.69) is 59.6 Å². The lowest BCUT2D eigenvalue weighted by Crippen LogP contribution is -2.09. The van der Waals surface area contributed by atoms with Crippen LogP contribution in [0.1, 0.15) is 51.1 Å². The molecule has 0 spiro atoms. The first kappa shape index (κ1) is 22.4. The summed E-state index contributed by atoms with van der Waals surface area (Å²) in [7, 11) is 0. The topological polar surface area (TPSA) is 47.8 Å². The number of thioether (sulfide) groups is 1. The Morgan fingerprint density at radius 2 is 2.03 bits per heavy atom. The third-order valence-corrected chi connectivity index (χ3v) is 8.89. The van der Waals surface area contributed by atoms with Gasteiger partial charge in [0.15, 0.2) is 5.78 Å². The molecular weight excluding hydrogens is 446 g/mol. The molecule has 6 heteroatoms. The first-order valence-electron chi connectivity index (χ1n) is 11.6. The fourth-order valence-electron chi connectivity index (χ4n) is 4.88. The first-order chi connectivity index (χ1) is 16.0. The number of Topliss-reactive ketones (excluding diaryl/α,β-unsaturated/α-hetero) is 1. The number of rotatable bonds is 7. The van der Waals surface area contributed by atoms with E-state index in [0.717, 1.165) is 58.5 Å². The van der Waals surface area contributed by atoms with E-state index in [-0.39, 0.29) is 5.78 Å². The Balaban J connectivity index is 1.32. The van der Waals surface area contributed by atoms with Gasteiger partial charge in [-0.25, -0.2) is 9.97 Å². The minimum Gasteiger partial charge on any atom is -0.348 e. The summed E-state index contributed by atoms with van der Waals surface area (Å²) in [6, 6.07) is 12.6. The van der Waals surface area contributed by atoms with Gasteiger partial charge in [-0.15, -0.1) is 11.3 Å². The van der Waals surface area contributed by atoms with Gasteiger partial charge in [-0.05, 0) is 62.6 Å². The van der Waals surface area contributed by atoms with E-state index in [1.54, 1.807) is 29.4 Å². The average Bonchev–Trinajstić information content (AvgIpc) is 3.33. The maximum absolute atomic E-state index is 13.2. The monoisotopic (exact) mass is 475 g/mol. The zero-order valence-electron chi connectivity index (χ0n) is 19.4. The smallest absolute Gasteiger partial charge is 0.174 e. The van der Waals surface area contributed by atoms with E-state index in [4.69, 9.17) is 0 Å². The molecule has 4 nitrogen and oxygen atoms in total. The van der Waals surface area contributed by atoms with Crippen LogP contribution in [-0.2, 0) is 25.8 Å². The van der Waals surface area contributed by atoms with Gasteiger partial charge in [-0.1, -0.05) is 49.0 Å². The molecule has 1 aliphatic rings. The van der Waals surface area contributed by atoms with Crippen LogP contribution < -0.4 is 0 Å². The fraction of sp³-hybridized carbons (Fsp3) is 0.370. The lowest BCUT2D eigenvalue weighted by atomic mass is 9.89. The molecule has 0 saturated carbocycles. The molecule has 0 saturated heterocycles. The molecule has 1 atom stereocenters. The van der Waals surface area contributed by atoms with Crippen molar-refractivity contribution in [3.8, 4) is 0 Å². The fourth-order valence-corrected chi connectivity index (χ4v) is 7.20. The molecule has 170 valence electrons. The molecule has 3 heterocycles. The number of benzene rings is 1. The van der Waals surface area contributed by atoms with Crippen molar-refractivity contribution >= 4 is 39.1 Å². The number of aromatic nitrogens is 3. The molecule has 0 N–H and O–H groups in total. The van der Waals surface area contributed by atoms with Crippen molar-refractivity contribution in [1.82, 2.24) is 14.5 Å². The van der Waals surface area contributed by atoms with Crippen LogP contribution in [0, 0.1) is 19.8 Å². The van der Waals surface area contributed by atoms with Gasteiger partial charge in [0, 0.05) is 33.8 Å². The third-order valence-electron chi connectivity index (χ3n) is 6.74. The first-order valence-corrected chi connectivity index (χ1v) is 13.4. The number of thiophene rings is 1. The summed E-state index contributed by atoms with van der Waals surface area (Å²) in [4.78, 5) is 24.9. The van der Waals surface area contributed by atoms with Gasteiger partial charge < -0.3 is 4.57 Å². The van der Waals surface area contributed by atoms with Crippen molar-refractivity contribution in [2.24, 2.45) is 5.92 Å². The van der Waals surface area contributed by atoms with Crippen molar-refractivity contribution in [1.29, 1.82) is 0 Å². The zero-order chi connectivity index (χ0) is 22.9. The Kier molecular flexibility index (Phi) is 6.39. The summed E-state index contributed by atoms with van der Waals surface area (Å²) < 4.78 is 2.27. The number of aryl methyl sites for hydroxylation is 3. The SMILES string of the molecule is Cc1cc(C(=O)CSc2ncnc3sc4c(c23)CC[C@@H](C)C4)c(C)n1CCc1ccccc1. The minimum absolute atomic E-state index is 0.170. The standard InChI is InChI=1S/C27H29N3OS2/c1-17-9-10-21-24(13-17)33-27-25(21)26(28-16-29-27)32-15-23(31)22-14-18(2)30(19(22)3)12-11-20-7-5-4-6-8-20/h4-8,14,16-17H,9-13,15H2,1-3H3/t17-/m1/s1. The Bertz CT molecular complexity index is 1310. The number of hydrogen-bond acceptors (Lipinski definition) is 5. The van der Waals surface area contributed by atoms with Crippen LogP contribution in [-0.4, -0.2) is 26.1 Å². The predicted molar refractivity (Wildman–Crippen MR) is 138 cm³/mol. The van der Waals surface area contributed by atoms with Crippen LogP contribution in [0.5, 0.6) is 0 Å². The largest absolute Gasteiger partial charge is 0.348 e. The second-order valence-corrected chi connectivity index (χ2v) is 11.1. The van der Waals surface area contributed by atoms with E-state index in [0.29, 0.717) is 5.75 Å². The summed E-state index contributed by atoms with van der Waals surface area (Å²) in [6.45, 7) is 7.36. The number of carbonyl (C=O) groups is 1. The highest BCUT2D eigenvalue weighted by Crippen LogP contribution is 2.40. The van der Waals surface area contributed by atoms with E-state index >= 15 is 0 Å². The molecular formula is C27H29N3OS2. The Hall–Kier alpha value is -2.44. The molecule has 0 fully saturated rings. The van der Waals surface area contributed by atoms with E-state index < -0.39 is 0 Å². The van der Waals surface area contributed by atoms with Crippen molar-refractivity contribution in [3.63, 3.8) is 0 Å². The second kappa shape index (κ2) is 9.43. The number of carbonyl (C=O) groups excluding carboxylic acids is 1. The summed E-state index contributed by atoms with van der Waals surface area (Å²) in [5.41, 5.74) is 5.77. The van der Waals surface area contributed by atoms with Gasteiger partial charge in [0.1, 0.15) is 16.2 Å². The quantitative estimate of drug-likeness (QED) is 0.175. The molecule has 0 radical (unpaired) electrons. The van der Waals surface area contributed by atoms with Gasteiger partial charge >= 0.3 is 0 Å². The molecule has 5 rings (SSSR count). The van der Waals surface area contributed by atoms with E-state index in [1.165, 1.54) is 27.8 Å². The number of hydrogen-bond donors (Lipinski definition) is 0. The second-order valence-electron chi connectivity index (χ2n) is 9.09. The highest BCUT2D eigenvalue weighted by Gasteiger charge is 2.24. The van der Waals surface area contributed by atoms with E-state index in [9.17, 15) is 4.79 Å². The highest BCUT2D eigenvalue weighted by molar-refractivity contribution is 8.00. The Morgan fingerprint density at radius 3 is 2.85 bits per heavy atom. The van der Waals surface area contributed by atoms with E-state index in [1.807, 2.05) is 12.1 Å². The number of ketones is 1. The average molecular weight is 476 g/mol. The summed E-state index contributed by atoms with van der Waals surface area (Å²) in [5, 5.41) is 2.15. The highest BCUT2D eigenvalue weighted by atomic mass is 32.2. The maximum Gasteiger partial charge on any atom is 0.174 e. The van der Waals surface area contributed by atoms with Crippen LogP contribution in [0.25, 0.3) is 10.2 Å². The van der Waals surface area contributed by atoms with Gasteiger partial charge in [0.2, 0.25) is 0 Å². The van der Waals surface area contributed by atoms with Gasteiger partial charge in [-0.2, -0.15) is 0 Å². The lowest BCUT2D eigenvalue weighted by Gasteiger charge is -2.18. The molecule has 1 aliphatic carbocycles. The Morgan fingerprint density at radius 1 is 1.21 bits per heavy atom. The zero-order valence-corrected chi connectivity index (χ0v) is 21.1. The normalized spacial score (nSPS) is 15.7. The number of nitrogens with zero attached hydrogens (tertiary/aromatic N) is 3.